The van der Waals surface area contributed by atoms with Crippen LogP contribution in [0, 0.1) is 5.41 Å². The van der Waals surface area contributed by atoms with Crippen molar-refractivity contribution in [3.8, 4) is 0 Å². The molecule has 0 aliphatic carbocycles. The van der Waals surface area contributed by atoms with Gasteiger partial charge in [0.05, 0.1) is 12.1 Å². The fourth-order valence-electron chi connectivity index (χ4n) is 3.27. The van der Waals surface area contributed by atoms with Crippen molar-refractivity contribution >= 4 is 22.7 Å². The number of carbonyl (C=O) groups is 2. The summed E-state index contributed by atoms with van der Waals surface area (Å²) in [6, 6.07) is 6.78. The molecule has 1 unspecified atom stereocenters. The van der Waals surface area contributed by atoms with E-state index in [0.717, 1.165) is 23.7 Å². The summed E-state index contributed by atoms with van der Waals surface area (Å²) in [6.07, 6.45) is 1.74. The molecular weight excluding hydrogens is 398 g/mol. The predicted octanol–water partition coefficient (Wildman–Crippen LogP) is 0.749. The molecule has 0 saturated heterocycles. The van der Waals surface area contributed by atoms with E-state index in [1.807, 2.05) is 49.7 Å². The van der Waals surface area contributed by atoms with Gasteiger partial charge in [0.2, 0.25) is 5.91 Å². The summed E-state index contributed by atoms with van der Waals surface area (Å²) in [5.41, 5.74) is 6.23. The lowest BCUT2D eigenvalue weighted by Gasteiger charge is -2.30. The Balaban J connectivity index is 1.79. The molecule has 0 aliphatic heterocycles. The molecule has 2 amide bonds. The number of para-hydroxylation sites is 1. The monoisotopic (exact) mass is 427 g/mol. The van der Waals surface area contributed by atoms with Crippen LogP contribution in [0.15, 0.2) is 24.3 Å². The lowest BCUT2D eigenvalue weighted by atomic mass is 9.86. The van der Waals surface area contributed by atoms with Gasteiger partial charge >= 0.3 is 0 Å². The zero-order valence-electron chi connectivity index (χ0n) is 18.1. The Kier molecular flexibility index (Phi) is 6.95. The molecule has 0 saturated carbocycles. The van der Waals surface area contributed by atoms with Crippen molar-refractivity contribution in [2.24, 2.45) is 11.1 Å². The van der Waals surface area contributed by atoms with Gasteiger partial charge in [-0.3, -0.25) is 14.3 Å². The topological polar surface area (TPSA) is 156 Å². The van der Waals surface area contributed by atoms with Crippen molar-refractivity contribution in [1.82, 2.24) is 41.0 Å². The van der Waals surface area contributed by atoms with Crippen LogP contribution < -0.4 is 16.4 Å². The van der Waals surface area contributed by atoms with Crippen molar-refractivity contribution in [3.05, 3.63) is 35.8 Å². The van der Waals surface area contributed by atoms with Crippen LogP contribution in [0.1, 0.15) is 49.9 Å². The van der Waals surface area contributed by atoms with Crippen LogP contribution in [0.25, 0.3) is 10.9 Å². The Morgan fingerprint density at radius 1 is 1.23 bits per heavy atom. The second kappa shape index (κ2) is 9.65. The molecule has 1 atom stereocenters. The van der Waals surface area contributed by atoms with Gasteiger partial charge in [0, 0.05) is 11.9 Å². The van der Waals surface area contributed by atoms with Crippen molar-refractivity contribution in [1.29, 1.82) is 0 Å². The van der Waals surface area contributed by atoms with Gasteiger partial charge in [0.1, 0.15) is 6.04 Å². The Morgan fingerprint density at radius 2 is 2.00 bits per heavy atom. The number of nitrogens with two attached hydrogens (primary N) is 1. The first-order chi connectivity index (χ1) is 14.8. The van der Waals surface area contributed by atoms with Crippen LogP contribution in [0.5, 0.6) is 0 Å². The number of aromatic nitrogens is 6. The van der Waals surface area contributed by atoms with E-state index in [2.05, 4.69) is 36.4 Å². The van der Waals surface area contributed by atoms with Gasteiger partial charge in [-0.15, -0.1) is 10.2 Å². The summed E-state index contributed by atoms with van der Waals surface area (Å²) < 4.78 is 1.82. The number of hydrogen-bond acceptors (Lipinski definition) is 7. The Hall–Kier alpha value is -3.34. The van der Waals surface area contributed by atoms with E-state index >= 15 is 0 Å². The maximum Gasteiger partial charge on any atom is 0.273 e. The van der Waals surface area contributed by atoms with Gasteiger partial charge in [0.15, 0.2) is 11.5 Å². The van der Waals surface area contributed by atoms with Crippen molar-refractivity contribution in [2.45, 2.75) is 52.7 Å². The average molecular weight is 428 g/mol. The van der Waals surface area contributed by atoms with E-state index in [1.165, 1.54) is 0 Å². The highest BCUT2D eigenvalue weighted by molar-refractivity contribution is 6.06. The van der Waals surface area contributed by atoms with Gasteiger partial charge < -0.3 is 16.4 Å². The molecule has 11 heteroatoms. The molecule has 0 fully saturated rings. The molecule has 2 aromatic heterocycles. The lowest BCUT2D eigenvalue weighted by molar-refractivity contribution is -0.125. The number of aryl methyl sites for hydroxylation is 1. The normalized spacial score (nSPS) is 12.6. The molecule has 0 aliphatic rings. The number of carbonyl (C=O) groups excluding carboxylic acids is 2. The smallest absolute Gasteiger partial charge is 0.273 e. The van der Waals surface area contributed by atoms with Crippen molar-refractivity contribution in [2.75, 3.05) is 6.54 Å². The summed E-state index contributed by atoms with van der Waals surface area (Å²) in [5, 5.41) is 24.3. The predicted molar refractivity (Wildman–Crippen MR) is 115 cm³/mol. The zero-order valence-corrected chi connectivity index (χ0v) is 18.1. The van der Waals surface area contributed by atoms with Gasteiger partial charge in [0.25, 0.3) is 5.91 Å². The second-order valence-corrected chi connectivity index (χ2v) is 8.40. The number of fused-ring (bicyclic) bond motifs is 1. The number of amides is 2. The maximum atomic E-state index is 13.2. The number of nitrogens with one attached hydrogen (secondary N) is 3. The number of H-pyrrole nitrogens is 1. The number of aromatic amines is 1. The van der Waals surface area contributed by atoms with Crippen molar-refractivity contribution in [3.63, 3.8) is 0 Å². The third-order valence-corrected chi connectivity index (χ3v) is 4.91. The van der Waals surface area contributed by atoms with Crippen LogP contribution in [0.2, 0.25) is 0 Å². The average Bonchev–Trinajstić information content (AvgIpc) is 3.38. The minimum absolute atomic E-state index is 0.108. The number of benzene rings is 1. The highest BCUT2D eigenvalue weighted by Gasteiger charge is 2.34. The highest BCUT2D eigenvalue weighted by Crippen LogP contribution is 2.22. The van der Waals surface area contributed by atoms with Gasteiger partial charge in [-0.1, -0.05) is 44.2 Å². The van der Waals surface area contributed by atoms with Crippen LogP contribution in [-0.2, 0) is 17.9 Å². The lowest BCUT2D eigenvalue weighted by Crippen LogP contribution is -2.53. The molecule has 0 bridgehead atoms. The van der Waals surface area contributed by atoms with Crippen LogP contribution in [-0.4, -0.2) is 54.8 Å². The molecule has 3 aromatic rings. The van der Waals surface area contributed by atoms with Crippen LogP contribution >= 0.6 is 0 Å². The molecular formula is C20H29N9O2. The third kappa shape index (κ3) is 5.43. The summed E-state index contributed by atoms with van der Waals surface area (Å²) >= 11 is 0. The first-order valence-corrected chi connectivity index (χ1v) is 10.3. The number of hydrogen-bond donors (Lipinski definition) is 4. The highest BCUT2D eigenvalue weighted by atomic mass is 16.2. The standard InChI is InChI=1S/C20H29N9O2/c1-20(2,3)17(19(31)22-12-15-24-27-28-25-15)23-18(30)16-13-8-4-5-9-14(13)29(26-16)11-7-6-10-21/h4-5,8-9,17H,6-7,10-12,21H2,1-3H3,(H,22,31)(H,23,30)(H,24,25,27,28). The minimum Gasteiger partial charge on any atom is -0.347 e. The first-order valence-electron chi connectivity index (χ1n) is 10.3. The SMILES string of the molecule is CC(C)(C)C(NC(=O)c1nn(CCCCN)c2ccccc12)C(=O)NCc1nn[nH]n1. The Morgan fingerprint density at radius 3 is 2.68 bits per heavy atom. The van der Waals surface area contributed by atoms with E-state index in [0.29, 0.717) is 24.6 Å². The molecule has 166 valence electrons. The molecule has 1 aromatic carbocycles. The Labute approximate surface area is 180 Å². The zero-order chi connectivity index (χ0) is 22.4. The molecule has 3 rings (SSSR count). The van der Waals surface area contributed by atoms with E-state index in [9.17, 15) is 9.59 Å². The molecule has 0 radical (unpaired) electrons. The fourth-order valence-corrected chi connectivity index (χ4v) is 3.27. The fraction of sp³-hybridized carbons (Fsp3) is 0.500. The van der Waals surface area contributed by atoms with Gasteiger partial charge in [-0.05, 0) is 30.9 Å². The van der Waals surface area contributed by atoms with Gasteiger partial charge in [-0.2, -0.15) is 10.3 Å². The summed E-state index contributed by atoms with van der Waals surface area (Å²) in [5.74, 6) is -0.379. The third-order valence-electron chi connectivity index (χ3n) is 4.91. The number of tetrazole rings is 1. The maximum absolute atomic E-state index is 13.2. The first kappa shape index (κ1) is 22.3. The van der Waals surface area contributed by atoms with Crippen molar-refractivity contribution < 1.29 is 9.59 Å². The Bertz CT molecular complexity index is 1020. The molecule has 5 N–H and O–H groups in total. The van der Waals surface area contributed by atoms with E-state index in [4.69, 9.17) is 5.73 Å². The minimum atomic E-state index is -0.784. The molecule has 31 heavy (non-hydrogen) atoms. The second-order valence-electron chi connectivity index (χ2n) is 8.40. The van der Waals surface area contributed by atoms with Crippen LogP contribution in [0.3, 0.4) is 0 Å². The van der Waals surface area contributed by atoms with E-state index < -0.39 is 17.4 Å². The van der Waals surface area contributed by atoms with Crippen LogP contribution in [0.4, 0.5) is 0 Å². The van der Waals surface area contributed by atoms with E-state index in [1.54, 1.807) is 0 Å². The molecule has 11 nitrogen and oxygen atoms in total. The summed E-state index contributed by atoms with van der Waals surface area (Å²) in [6.45, 7) is 7.04. The number of unbranched alkanes of at least 4 members (excludes halogenated alkanes) is 1. The molecule has 0 spiro atoms. The molecule has 2 heterocycles. The van der Waals surface area contributed by atoms with Gasteiger partial charge in [-0.25, -0.2) is 0 Å². The van der Waals surface area contributed by atoms with E-state index in [-0.39, 0.29) is 12.5 Å². The largest absolute Gasteiger partial charge is 0.347 e. The number of rotatable bonds is 9. The summed E-state index contributed by atoms with van der Waals surface area (Å²) in [4.78, 5) is 26.0. The number of nitrogens with zero attached hydrogens (tertiary/aromatic N) is 5. The quantitative estimate of drug-likeness (QED) is 0.367. The summed E-state index contributed by atoms with van der Waals surface area (Å²) in [7, 11) is 0.